The second kappa shape index (κ2) is 7.72. The number of halogens is 1. The normalized spacial score (nSPS) is 12.8. The van der Waals surface area contributed by atoms with Gasteiger partial charge in [-0.1, -0.05) is 29.8 Å². The van der Waals surface area contributed by atoms with Crippen LogP contribution < -0.4 is 20.9 Å². The number of anilines is 2. The van der Waals surface area contributed by atoms with Crippen molar-refractivity contribution in [1.82, 2.24) is 19.9 Å². The molecule has 0 amide bonds. The molecule has 0 atom stereocenters. The van der Waals surface area contributed by atoms with E-state index in [9.17, 15) is 4.79 Å². The van der Waals surface area contributed by atoms with Gasteiger partial charge in [0.2, 0.25) is 5.75 Å². The second-order valence-electron chi connectivity index (χ2n) is 6.90. The molecule has 4 N–H and O–H groups in total. The molecule has 0 aliphatic carbocycles. The molecular formula is C21H19ClN6O2. The molecule has 0 radical (unpaired) electrons. The smallest absolute Gasteiger partial charge is 0.259 e. The van der Waals surface area contributed by atoms with E-state index >= 15 is 0 Å². The zero-order valence-corrected chi connectivity index (χ0v) is 16.7. The Kier molecular flexibility index (Phi) is 4.76. The Balaban J connectivity index is 1.45. The highest BCUT2D eigenvalue weighted by Gasteiger charge is 2.21. The van der Waals surface area contributed by atoms with Crippen LogP contribution in [0.25, 0.3) is 22.3 Å². The van der Waals surface area contributed by atoms with Crippen molar-refractivity contribution in [3.63, 3.8) is 0 Å². The van der Waals surface area contributed by atoms with E-state index in [1.165, 1.54) is 0 Å². The first-order chi connectivity index (χ1) is 14.7. The summed E-state index contributed by atoms with van der Waals surface area (Å²) in [6.45, 7) is 1.74. The molecule has 0 bridgehead atoms. The molecule has 30 heavy (non-hydrogen) atoms. The van der Waals surface area contributed by atoms with Gasteiger partial charge in [0.1, 0.15) is 11.8 Å². The lowest BCUT2D eigenvalue weighted by Gasteiger charge is -2.21. The van der Waals surface area contributed by atoms with Gasteiger partial charge in [0.25, 0.3) is 5.56 Å². The van der Waals surface area contributed by atoms with Crippen LogP contribution in [-0.4, -0.2) is 39.6 Å². The summed E-state index contributed by atoms with van der Waals surface area (Å²) in [7, 11) is 0. The van der Waals surface area contributed by atoms with E-state index in [0.29, 0.717) is 60.0 Å². The number of nitrogens with one attached hydrogen (secondary N) is 4. The number of fused-ring (bicyclic) bond motifs is 2. The summed E-state index contributed by atoms with van der Waals surface area (Å²) in [5.74, 6) is 2.01. The largest absolute Gasteiger partial charge is 0.485 e. The highest BCUT2D eigenvalue weighted by molar-refractivity contribution is 6.31. The van der Waals surface area contributed by atoms with Crippen LogP contribution in [0.5, 0.6) is 5.75 Å². The van der Waals surface area contributed by atoms with E-state index in [1.807, 2.05) is 24.3 Å². The van der Waals surface area contributed by atoms with Crippen LogP contribution in [-0.2, 0) is 6.42 Å². The lowest BCUT2D eigenvalue weighted by molar-refractivity contribution is 0.321. The fraction of sp³-hybridized carbons (Fsp3) is 0.190. The summed E-state index contributed by atoms with van der Waals surface area (Å²) in [6, 6.07) is 11.5. The number of benzene rings is 1. The van der Waals surface area contributed by atoms with E-state index in [0.717, 1.165) is 16.5 Å². The van der Waals surface area contributed by atoms with Crippen molar-refractivity contribution in [2.45, 2.75) is 6.42 Å². The Morgan fingerprint density at radius 1 is 1.17 bits per heavy atom. The van der Waals surface area contributed by atoms with Crippen molar-refractivity contribution in [3.8, 4) is 17.1 Å². The molecule has 3 aromatic heterocycles. The minimum atomic E-state index is -0.245. The van der Waals surface area contributed by atoms with Gasteiger partial charge in [0.05, 0.1) is 12.1 Å². The zero-order valence-electron chi connectivity index (χ0n) is 16.0. The maximum Gasteiger partial charge on any atom is 0.259 e. The van der Waals surface area contributed by atoms with Gasteiger partial charge >= 0.3 is 0 Å². The number of nitrogens with zero attached hydrogens (tertiary/aromatic N) is 2. The van der Waals surface area contributed by atoms with Gasteiger partial charge in [-0.3, -0.25) is 4.79 Å². The average molecular weight is 423 g/mol. The minimum Gasteiger partial charge on any atom is -0.485 e. The van der Waals surface area contributed by atoms with Crippen molar-refractivity contribution in [3.05, 3.63) is 63.7 Å². The maximum absolute atomic E-state index is 12.2. The van der Waals surface area contributed by atoms with Gasteiger partial charge in [0.15, 0.2) is 17.5 Å². The molecule has 8 nitrogen and oxygen atoms in total. The first-order valence-electron chi connectivity index (χ1n) is 9.66. The van der Waals surface area contributed by atoms with Crippen LogP contribution in [0.15, 0.2) is 47.4 Å². The van der Waals surface area contributed by atoms with Crippen LogP contribution in [0.1, 0.15) is 5.56 Å². The van der Waals surface area contributed by atoms with E-state index in [2.05, 4.69) is 30.6 Å². The number of hydrogen-bond acceptors (Lipinski definition) is 6. The summed E-state index contributed by atoms with van der Waals surface area (Å²) in [6.07, 6.45) is 2.27. The highest BCUT2D eigenvalue weighted by Crippen LogP contribution is 2.34. The Labute approximate surface area is 176 Å². The molecule has 9 heteroatoms. The molecule has 0 spiro atoms. The number of H-pyrrole nitrogens is 2. The molecule has 1 aliphatic heterocycles. The molecule has 4 aromatic rings. The van der Waals surface area contributed by atoms with Crippen molar-refractivity contribution in [1.29, 1.82) is 0 Å². The van der Waals surface area contributed by atoms with Crippen LogP contribution in [0.2, 0.25) is 5.15 Å². The lowest BCUT2D eigenvalue weighted by atomic mass is 10.1. The highest BCUT2D eigenvalue weighted by atomic mass is 35.5. The Morgan fingerprint density at radius 2 is 2.07 bits per heavy atom. The predicted molar refractivity (Wildman–Crippen MR) is 118 cm³/mol. The molecule has 0 fully saturated rings. The van der Waals surface area contributed by atoms with Gasteiger partial charge in [-0.05, 0) is 30.2 Å². The number of pyridine rings is 1. The zero-order chi connectivity index (χ0) is 20.5. The van der Waals surface area contributed by atoms with Gasteiger partial charge in [0, 0.05) is 23.6 Å². The van der Waals surface area contributed by atoms with E-state index < -0.39 is 0 Å². The lowest BCUT2D eigenvalue weighted by Crippen LogP contribution is -2.22. The van der Waals surface area contributed by atoms with Crippen LogP contribution >= 0.6 is 11.6 Å². The molecule has 5 rings (SSSR count). The number of aromatic nitrogens is 4. The van der Waals surface area contributed by atoms with Crippen molar-refractivity contribution in [2.75, 3.05) is 30.3 Å². The fourth-order valence-electron chi connectivity index (χ4n) is 3.58. The van der Waals surface area contributed by atoms with Crippen LogP contribution in [0, 0.1) is 0 Å². The quantitative estimate of drug-likeness (QED) is 0.392. The van der Waals surface area contributed by atoms with E-state index in [-0.39, 0.29) is 5.56 Å². The predicted octanol–water partition coefficient (Wildman–Crippen LogP) is 3.43. The molecule has 152 valence electrons. The Bertz CT molecular complexity index is 1280. The molecule has 0 saturated heterocycles. The van der Waals surface area contributed by atoms with Gasteiger partial charge in [-0.2, -0.15) is 0 Å². The molecule has 1 aromatic carbocycles. The van der Waals surface area contributed by atoms with Gasteiger partial charge in [-0.15, -0.1) is 0 Å². The van der Waals surface area contributed by atoms with Crippen molar-refractivity contribution >= 4 is 34.1 Å². The van der Waals surface area contributed by atoms with E-state index in [1.54, 1.807) is 18.3 Å². The molecule has 0 saturated carbocycles. The minimum absolute atomic E-state index is 0.245. The fourth-order valence-corrected chi connectivity index (χ4v) is 3.88. The van der Waals surface area contributed by atoms with Gasteiger partial charge in [-0.25, -0.2) is 9.97 Å². The third-order valence-electron chi connectivity index (χ3n) is 4.99. The summed E-state index contributed by atoms with van der Waals surface area (Å²) in [5.41, 5.74) is 2.21. The number of aromatic amines is 2. The third kappa shape index (κ3) is 3.35. The summed E-state index contributed by atoms with van der Waals surface area (Å²) >= 11 is 6.41. The molecule has 4 heterocycles. The first-order valence-corrected chi connectivity index (χ1v) is 10.0. The monoisotopic (exact) mass is 422 g/mol. The summed E-state index contributed by atoms with van der Waals surface area (Å²) in [5, 5.41) is 8.28. The maximum atomic E-state index is 12.2. The standard InChI is InChI=1S/C21H19ClN6O2/c22-17-13(12-4-1-2-6-15(12)26-17)7-9-23-19-16-20(24-10-11-30-16)28-18(27-19)14-5-3-8-25-21(14)29/h1-6,8,26H,7,9-11H2,(H,25,29)(H2,23,24,27,28). The SMILES string of the molecule is O=c1[nH]cccc1-c1nc2c(c(NCCc3c(Cl)[nH]c4ccccc34)n1)OCCN2. The number of para-hydroxylation sites is 1. The van der Waals surface area contributed by atoms with Crippen LogP contribution in [0.3, 0.4) is 0 Å². The Hall–Kier alpha value is -3.52. The topological polar surface area (TPSA) is 108 Å². The third-order valence-corrected chi connectivity index (χ3v) is 5.32. The van der Waals surface area contributed by atoms with Crippen molar-refractivity contribution in [2.24, 2.45) is 0 Å². The number of ether oxygens (including phenoxy) is 1. The molecular weight excluding hydrogens is 404 g/mol. The second-order valence-corrected chi connectivity index (χ2v) is 7.28. The number of rotatable bonds is 5. The summed E-state index contributed by atoms with van der Waals surface area (Å²) in [4.78, 5) is 27.1. The average Bonchev–Trinajstić information content (AvgIpc) is 3.09. The van der Waals surface area contributed by atoms with E-state index in [4.69, 9.17) is 16.3 Å². The van der Waals surface area contributed by atoms with Gasteiger partial charge < -0.3 is 25.3 Å². The Morgan fingerprint density at radius 3 is 2.97 bits per heavy atom. The van der Waals surface area contributed by atoms with Crippen LogP contribution in [0.4, 0.5) is 11.6 Å². The van der Waals surface area contributed by atoms with Crippen molar-refractivity contribution < 1.29 is 4.74 Å². The molecule has 0 unspecified atom stereocenters. The number of hydrogen-bond donors (Lipinski definition) is 4. The molecule has 1 aliphatic rings. The summed E-state index contributed by atoms with van der Waals surface area (Å²) < 4.78 is 5.79. The first kappa shape index (κ1) is 18.5.